The molecule has 1 heterocycles. The van der Waals surface area contributed by atoms with Crippen LogP contribution < -0.4 is 0 Å². The third kappa shape index (κ3) is 4.59. The summed E-state index contributed by atoms with van der Waals surface area (Å²) in [6.07, 6.45) is 0. The van der Waals surface area contributed by atoms with Gasteiger partial charge < -0.3 is 0 Å². The molecule has 52 heavy (non-hydrogen) atoms. The highest BCUT2D eigenvalue weighted by molar-refractivity contribution is 7.25. The fourth-order valence-electron chi connectivity index (χ4n) is 9.02. The maximum Gasteiger partial charge on any atom is 0.0358 e. The van der Waals surface area contributed by atoms with Gasteiger partial charge in [0.1, 0.15) is 0 Å². The number of hydrogen-bond donors (Lipinski definition) is 0. The molecule has 0 saturated heterocycles. The zero-order chi connectivity index (χ0) is 35.4. The van der Waals surface area contributed by atoms with Crippen molar-refractivity contribution in [3.05, 3.63) is 168 Å². The molecule has 1 aromatic heterocycles. The number of fused-ring (bicyclic) bond motifs is 9. The predicted octanol–water partition coefficient (Wildman–Crippen LogP) is 15.0. The minimum Gasteiger partial charge on any atom is -0.135 e. The zero-order valence-corrected chi connectivity index (χ0v) is 31.2. The van der Waals surface area contributed by atoms with Crippen LogP contribution in [0.2, 0.25) is 0 Å². The number of hydrogen-bond acceptors (Lipinski definition) is 1. The molecule has 0 bridgehead atoms. The SMILES string of the molecule is CC(C)(C)c1ccc2c(-c3ccc4c(c3)-c3ccc5sc6ccccc6c5c3C4(C)C)c3ccccc3c(-c3ccc(-c4ccccc4)cc3)c2c1. The maximum absolute atomic E-state index is 2.50. The molecule has 0 atom stereocenters. The molecule has 8 aromatic carbocycles. The molecule has 0 amide bonds. The standard InChI is InChI=1S/C51H40S/c1-50(2,3)35-24-25-38-42(30-35)46(33-21-19-32(20-22-33)31-13-7-6-8-14-31)36-15-9-10-16-37(36)47(38)34-23-27-43-41(29-34)39-26-28-45-48(49(39)51(43,4)5)40-17-11-12-18-44(40)52-45/h6-30H,1-5H3. The van der Waals surface area contributed by atoms with Gasteiger partial charge in [0.15, 0.2) is 0 Å². The van der Waals surface area contributed by atoms with Gasteiger partial charge in [0.2, 0.25) is 0 Å². The average molecular weight is 685 g/mol. The van der Waals surface area contributed by atoms with Gasteiger partial charge in [-0.1, -0.05) is 162 Å². The summed E-state index contributed by atoms with van der Waals surface area (Å²) in [4.78, 5) is 0. The molecule has 250 valence electrons. The summed E-state index contributed by atoms with van der Waals surface area (Å²) in [5.74, 6) is 0. The van der Waals surface area contributed by atoms with Crippen molar-refractivity contribution in [1.29, 1.82) is 0 Å². The van der Waals surface area contributed by atoms with E-state index < -0.39 is 0 Å². The molecule has 1 heteroatoms. The first kappa shape index (κ1) is 31.3. The summed E-state index contributed by atoms with van der Waals surface area (Å²) < 4.78 is 2.74. The molecular weight excluding hydrogens is 645 g/mol. The van der Waals surface area contributed by atoms with Crippen LogP contribution in [0.4, 0.5) is 0 Å². The third-order valence-corrected chi connectivity index (χ3v) is 12.7. The van der Waals surface area contributed by atoms with Crippen molar-refractivity contribution in [1.82, 2.24) is 0 Å². The first-order valence-corrected chi connectivity index (χ1v) is 19.2. The molecule has 0 nitrogen and oxygen atoms in total. The smallest absolute Gasteiger partial charge is 0.0358 e. The lowest BCUT2D eigenvalue weighted by molar-refractivity contribution is 0.591. The molecule has 1 aliphatic rings. The van der Waals surface area contributed by atoms with Crippen molar-refractivity contribution in [2.75, 3.05) is 0 Å². The second-order valence-electron chi connectivity index (χ2n) is 16.1. The van der Waals surface area contributed by atoms with E-state index in [0.29, 0.717) is 0 Å². The number of thiophene rings is 1. The van der Waals surface area contributed by atoms with Crippen LogP contribution in [0, 0.1) is 0 Å². The van der Waals surface area contributed by atoms with Gasteiger partial charge in [0.05, 0.1) is 0 Å². The Morgan fingerprint density at radius 3 is 1.77 bits per heavy atom. The Balaban J connectivity index is 1.24. The van der Waals surface area contributed by atoms with E-state index in [1.807, 2.05) is 11.3 Å². The Bertz CT molecular complexity index is 2880. The monoisotopic (exact) mass is 684 g/mol. The van der Waals surface area contributed by atoms with Gasteiger partial charge in [-0.15, -0.1) is 11.3 Å². The van der Waals surface area contributed by atoms with E-state index in [-0.39, 0.29) is 10.8 Å². The summed E-state index contributed by atoms with van der Waals surface area (Å²) in [7, 11) is 0. The summed E-state index contributed by atoms with van der Waals surface area (Å²) >= 11 is 1.91. The van der Waals surface area contributed by atoms with E-state index in [9.17, 15) is 0 Å². The Hall–Kier alpha value is -5.50. The van der Waals surface area contributed by atoms with Crippen molar-refractivity contribution >= 4 is 53.1 Å². The Kier molecular flexibility index (Phi) is 6.76. The van der Waals surface area contributed by atoms with Gasteiger partial charge in [0, 0.05) is 25.6 Å². The molecule has 0 fully saturated rings. The fourth-order valence-corrected chi connectivity index (χ4v) is 10.1. The average Bonchev–Trinajstić information content (AvgIpc) is 3.65. The summed E-state index contributed by atoms with van der Waals surface area (Å²) in [6.45, 7) is 11.8. The topological polar surface area (TPSA) is 0 Å². The van der Waals surface area contributed by atoms with Gasteiger partial charge in [-0.05, 0) is 112 Å². The minimum atomic E-state index is -0.103. The Labute approximate surface area is 310 Å². The molecule has 0 spiro atoms. The first-order chi connectivity index (χ1) is 25.2. The van der Waals surface area contributed by atoms with Gasteiger partial charge in [-0.25, -0.2) is 0 Å². The summed E-state index contributed by atoms with van der Waals surface area (Å²) in [5.41, 5.74) is 14.5. The van der Waals surface area contributed by atoms with E-state index in [1.165, 1.54) is 103 Å². The van der Waals surface area contributed by atoms with Crippen LogP contribution in [0.25, 0.3) is 86.2 Å². The van der Waals surface area contributed by atoms with E-state index >= 15 is 0 Å². The fraction of sp³-hybridized carbons (Fsp3) is 0.137. The molecular formula is C51H40S. The van der Waals surface area contributed by atoms with E-state index in [0.717, 1.165) is 0 Å². The van der Waals surface area contributed by atoms with Crippen molar-refractivity contribution in [3.8, 4) is 44.5 Å². The van der Waals surface area contributed by atoms with Gasteiger partial charge in [0.25, 0.3) is 0 Å². The van der Waals surface area contributed by atoms with Crippen LogP contribution in [0.1, 0.15) is 51.3 Å². The van der Waals surface area contributed by atoms with Crippen molar-refractivity contribution in [2.24, 2.45) is 0 Å². The summed E-state index contributed by atoms with van der Waals surface area (Å²) in [5, 5.41) is 7.98. The van der Waals surface area contributed by atoms with Gasteiger partial charge in [-0.2, -0.15) is 0 Å². The first-order valence-electron chi connectivity index (χ1n) is 18.4. The van der Waals surface area contributed by atoms with Crippen molar-refractivity contribution < 1.29 is 0 Å². The maximum atomic E-state index is 2.50. The van der Waals surface area contributed by atoms with Crippen LogP contribution in [0.5, 0.6) is 0 Å². The number of benzene rings is 8. The van der Waals surface area contributed by atoms with Gasteiger partial charge >= 0.3 is 0 Å². The normalized spacial score (nSPS) is 13.6. The van der Waals surface area contributed by atoms with Crippen LogP contribution in [0.3, 0.4) is 0 Å². The minimum absolute atomic E-state index is 0.0223. The molecule has 0 N–H and O–H groups in total. The highest BCUT2D eigenvalue weighted by Gasteiger charge is 2.38. The lowest BCUT2D eigenvalue weighted by Gasteiger charge is -2.24. The van der Waals surface area contributed by atoms with Crippen LogP contribution in [0.15, 0.2) is 152 Å². The van der Waals surface area contributed by atoms with Gasteiger partial charge in [-0.3, -0.25) is 0 Å². The predicted molar refractivity (Wildman–Crippen MR) is 227 cm³/mol. The van der Waals surface area contributed by atoms with Crippen molar-refractivity contribution in [2.45, 2.75) is 45.4 Å². The second-order valence-corrected chi connectivity index (χ2v) is 17.2. The molecule has 0 radical (unpaired) electrons. The van der Waals surface area contributed by atoms with Crippen LogP contribution >= 0.6 is 11.3 Å². The van der Waals surface area contributed by atoms with E-state index in [2.05, 4.69) is 186 Å². The largest absolute Gasteiger partial charge is 0.135 e. The van der Waals surface area contributed by atoms with Crippen LogP contribution in [-0.4, -0.2) is 0 Å². The molecule has 10 rings (SSSR count). The molecule has 1 aliphatic carbocycles. The Morgan fingerprint density at radius 1 is 0.442 bits per heavy atom. The molecule has 9 aromatic rings. The summed E-state index contributed by atoms with van der Waals surface area (Å²) in [6, 6.07) is 57.1. The lowest BCUT2D eigenvalue weighted by Crippen LogP contribution is -2.15. The Morgan fingerprint density at radius 2 is 1.04 bits per heavy atom. The van der Waals surface area contributed by atoms with E-state index in [1.54, 1.807) is 0 Å². The molecule has 0 aliphatic heterocycles. The quantitative estimate of drug-likeness (QED) is 0.163. The molecule has 0 unspecified atom stereocenters. The third-order valence-electron chi connectivity index (χ3n) is 11.6. The van der Waals surface area contributed by atoms with Crippen molar-refractivity contribution in [3.63, 3.8) is 0 Å². The van der Waals surface area contributed by atoms with E-state index in [4.69, 9.17) is 0 Å². The highest BCUT2D eigenvalue weighted by atomic mass is 32.1. The molecule has 0 saturated carbocycles. The highest BCUT2D eigenvalue weighted by Crippen LogP contribution is 2.55. The lowest BCUT2D eigenvalue weighted by atomic mass is 9.79. The van der Waals surface area contributed by atoms with Crippen LogP contribution in [-0.2, 0) is 10.8 Å². The second kappa shape index (κ2) is 11.2. The number of rotatable bonds is 3. The zero-order valence-electron chi connectivity index (χ0n) is 30.3.